The maximum absolute atomic E-state index is 12.9. The van der Waals surface area contributed by atoms with Crippen molar-refractivity contribution in [3.05, 3.63) is 41.0 Å². The molecule has 0 radical (unpaired) electrons. The molecule has 1 aliphatic rings. The van der Waals surface area contributed by atoms with E-state index in [4.69, 9.17) is 11.6 Å². The predicted octanol–water partition coefficient (Wildman–Crippen LogP) is 2.66. The average Bonchev–Trinajstić information content (AvgIpc) is 2.47. The molecule has 0 saturated carbocycles. The molecule has 0 bridgehead atoms. The number of piperazine rings is 1. The number of rotatable bonds is 1. The summed E-state index contributed by atoms with van der Waals surface area (Å²) in [6.07, 6.45) is 1.70. The minimum absolute atomic E-state index is 0.0379. The van der Waals surface area contributed by atoms with Gasteiger partial charge in [0.25, 0.3) is 5.91 Å². The van der Waals surface area contributed by atoms with Crippen LogP contribution in [0.25, 0.3) is 10.9 Å². The van der Waals surface area contributed by atoms with Gasteiger partial charge >= 0.3 is 0 Å². The van der Waals surface area contributed by atoms with E-state index in [1.54, 1.807) is 18.3 Å². The molecule has 1 aromatic heterocycles. The fourth-order valence-corrected chi connectivity index (χ4v) is 3.12. The maximum atomic E-state index is 12.9. The number of carbonyl (C=O) groups excluding carboxylic acids is 1. The summed E-state index contributed by atoms with van der Waals surface area (Å²) in [5.74, 6) is 0.0379. The van der Waals surface area contributed by atoms with Gasteiger partial charge < -0.3 is 9.80 Å². The van der Waals surface area contributed by atoms with Gasteiger partial charge in [0.15, 0.2) is 0 Å². The molecule has 5 heteroatoms. The summed E-state index contributed by atoms with van der Waals surface area (Å²) in [4.78, 5) is 21.4. The summed E-state index contributed by atoms with van der Waals surface area (Å²) in [7, 11) is 2.08. The molecule has 1 saturated heterocycles. The Kier molecular flexibility index (Phi) is 3.83. The Bertz CT molecular complexity index is 688. The van der Waals surface area contributed by atoms with Crippen molar-refractivity contribution in [1.82, 2.24) is 14.8 Å². The Morgan fingerprint density at radius 3 is 2.90 bits per heavy atom. The van der Waals surface area contributed by atoms with E-state index in [1.807, 2.05) is 17.0 Å². The van der Waals surface area contributed by atoms with Crippen LogP contribution >= 0.6 is 11.6 Å². The van der Waals surface area contributed by atoms with E-state index >= 15 is 0 Å². The number of nitrogens with zero attached hydrogens (tertiary/aromatic N) is 3. The summed E-state index contributed by atoms with van der Waals surface area (Å²) >= 11 is 6.20. The highest BCUT2D eigenvalue weighted by atomic mass is 35.5. The first-order valence-electron chi connectivity index (χ1n) is 7.10. The van der Waals surface area contributed by atoms with Gasteiger partial charge in [-0.1, -0.05) is 11.6 Å². The number of pyridine rings is 1. The molecule has 0 unspecified atom stereocenters. The number of fused-ring (bicyclic) bond motifs is 1. The van der Waals surface area contributed by atoms with Gasteiger partial charge in [-0.15, -0.1) is 0 Å². The number of hydrogen-bond acceptors (Lipinski definition) is 3. The van der Waals surface area contributed by atoms with E-state index < -0.39 is 0 Å². The van der Waals surface area contributed by atoms with Gasteiger partial charge in [0.05, 0.1) is 16.1 Å². The van der Waals surface area contributed by atoms with Crippen molar-refractivity contribution in [2.24, 2.45) is 0 Å². The van der Waals surface area contributed by atoms with E-state index in [2.05, 4.69) is 23.9 Å². The summed E-state index contributed by atoms with van der Waals surface area (Å²) in [6, 6.07) is 7.49. The van der Waals surface area contributed by atoms with E-state index in [1.165, 1.54) is 0 Å². The van der Waals surface area contributed by atoms with Crippen molar-refractivity contribution in [2.75, 3.05) is 26.7 Å². The molecule has 1 fully saturated rings. The van der Waals surface area contributed by atoms with Gasteiger partial charge in [0.1, 0.15) is 0 Å². The minimum Gasteiger partial charge on any atom is -0.333 e. The molecule has 0 spiro atoms. The molecule has 1 amide bonds. The fourth-order valence-electron chi connectivity index (χ4n) is 2.91. The van der Waals surface area contributed by atoms with Crippen LogP contribution in [0, 0.1) is 0 Å². The van der Waals surface area contributed by atoms with Gasteiger partial charge in [-0.2, -0.15) is 0 Å². The van der Waals surface area contributed by atoms with E-state index in [0.29, 0.717) is 16.1 Å². The van der Waals surface area contributed by atoms with Crippen LogP contribution in [0.15, 0.2) is 30.5 Å². The van der Waals surface area contributed by atoms with Crippen LogP contribution in [0.4, 0.5) is 0 Å². The van der Waals surface area contributed by atoms with E-state index in [9.17, 15) is 4.79 Å². The standard InChI is InChI=1S/C16H18ClN3O/c1-11-10-19(2)8-9-20(11)16(21)13-5-6-14(17)12-4-3-7-18-15(12)13/h3-7,11H,8-10H2,1-2H3/t11-/m1/s1. The molecule has 1 aromatic carbocycles. The third-order valence-electron chi connectivity index (χ3n) is 4.04. The van der Waals surface area contributed by atoms with E-state index in [0.717, 1.165) is 25.0 Å². The molecule has 110 valence electrons. The lowest BCUT2D eigenvalue weighted by Gasteiger charge is -2.38. The van der Waals surface area contributed by atoms with Crippen molar-refractivity contribution in [3.63, 3.8) is 0 Å². The SMILES string of the molecule is C[C@@H]1CN(C)CCN1C(=O)c1ccc(Cl)c2cccnc12. The third kappa shape index (κ3) is 2.61. The Morgan fingerprint density at radius 2 is 2.14 bits per heavy atom. The van der Waals surface area contributed by atoms with Gasteiger partial charge in [0.2, 0.25) is 0 Å². The Balaban J connectivity index is 2.01. The van der Waals surface area contributed by atoms with Crippen LogP contribution in [0.2, 0.25) is 5.02 Å². The first-order chi connectivity index (χ1) is 10.1. The van der Waals surface area contributed by atoms with Crippen molar-refractivity contribution in [3.8, 4) is 0 Å². The van der Waals surface area contributed by atoms with Crippen molar-refractivity contribution < 1.29 is 4.79 Å². The maximum Gasteiger partial charge on any atom is 0.256 e. The number of aromatic nitrogens is 1. The number of halogens is 1. The van der Waals surface area contributed by atoms with Crippen LogP contribution in [0.3, 0.4) is 0 Å². The Morgan fingerprint density at radius 1 is 1.33 bits per heavy atom. The largest absolute Gasteiger partial charge is 0.333 e. The normalized spacial score (nSPS) is 20.0. The molecule has 2 heterocycles. The van der Waals surface area contributed by atoms with Gasteiger partial charge in [0, 0.05) is 37.3 Å². The molecule has 4 nitrogen and oxygen atoms in total. The third-order valence-corrected chi connectivity index (χ3v) is 4.37. The number of amides is 1. The molecule has 1 aliphatic heterocycles. The second-order valence-electron chi connectivity index (χ2n) is 5.60. The molecule has 2 aromatic rings. The summed E-state index contributed by atoms with van der Waals surface area (Å²) in [6.45, 7) is 4.62. The van der Waals surface area contributed by atoms with Crippen LogP contribution in [-0.4, -0.2) is 53.4 Å². The topological polar surface area (TPSA) is 36.4 Å². The second-order valence-corrected chi connectivity index (χ2v) is 6.01. The molecule has 3 rings (SSSR count). The molecule has 21 heavy (non-hydrogen) atoms. The zero-order valence-electron chi connectivity index (χ0n) is 12.2. The van der Waals surface area contributed by atoms with Crippen LogP contribution in [-0.2, 0) is 0 Å². The summed E-state index contributed by atoms with van der Waals surface area (Å²) in [5.41, 5.74) is 1.31. The Hall–Kier alpha value is -1.65. The lowest BCUT2D eigenvalue weighted by molar-refractivity contribution is 0.0535. The molecule has 0 aliphatic carbocycles. The highest BCUT2D eigenvalue weighted by molar-refractivity contribution is 6.36. The summed E-state index contributed by atoms with van der Waals surface area (Å²) in [5, 5.41) is 1.45. The predicted molar refractivity (Wildman–Crippen MR) is 84.7 cm³/mol. The van der Waals surface area contributed by atoms with Crippen LogP contribution in [0.5, 0.6) is 0 Å². The van der Waals surface area contributed by atoms with Gasteiger partial charge in [-0.25, -0.2) is 0 Å². The lowest BCUT2D eigenvalue weighted by atomic mass is 10.1. The number of likely N-dealkylation sites (N-methyl/N-ethyl adjacent to an activating group) is 1. The number of carbonyl (C=O) groups is 1. The molecular formula is C16H18ClN3O. The average molecular weight is 304 g/mol. The highest BCUT2D eigenvalue weighted by Gasteiger charge is 2.27. The Labute approximate surface area is 129 Å². The first-order valence-corrected chi connectivity index (χ1v) is 7.48. The lowest BCUT2D eigenvalue weighted by Crippen LogP contribution is -2.52. The highest BCUT2D eigenvalue weighted by Crippen LogP contribution is 2.26. The molecule has 0 N–H and O–H groups in total. The first kappa shape index (κ1) is 14.3. The zero-order chi connectivity index (χ0) is 15.0. The van der Waals surface area contributed by atoms with Crippen molar-refractivity contribution >= 4 is 28.4 Å². The van der Waals surface area contributed by atoms with Gasteiger partial charge in [-0.05, 0) is 38.2 Å². The molecule has 1 atom stereocenters. The summed E-state index contributed by atoms with van der Waals surface area (Å²) < 4.78 is 0. The van der Waals surface area contributed by atoms with Crippen molar-refractivity contribution in [2.45, 2.75) is 13.0 Å². The monoisotopic (exact) mass is 303 g/mol. The fraction of sp³-hybridized carbons (Fsp3) is 0.375. The quantitative estimate of drug-likeness (QED) is 0.812. The van der Waals surface area contributed by atoms with E-state index in [-0.39, 0.29) is 11.9 Å². The minimum atomic E-state index is 0.0379. The zero-order valence-corrected chi connectivity index (χ0v) is 13.0. The number of benzene rings is 1. The second kappa shape index (κ2) is 5.62. The van der Waals surface area contributed by atoms with Crippen molar-refractivity contribution in [1.29, 1.82) is 0 Å². The molecular weight excluding hydrogens is 286 g/mol. The van der Waals surface area contributed by atoms with Crippen LogP contribution in [0.1, 0.15) is 17.3 Å². The smallest absolute Gasteiger partial charge is 0.256 e. The van der Waals surface area contributed by atoms with Crippen LogP contribution < -0.4 is 0 Å². The van der Waals surface area contributed by atoms with Gasteiger partial charge in [-0.3, -0.25) is 9.78 Å². The number of hydrogen-bond donors (Lipinski definition) is 0.